The van der Waals surface area contributed by atoms with E-state index in [0.717, 1.165) is 18.7 Å². The van der Waals surface area contributed by atoms with Gasteiger partial charge in [0.05, 0.1) is 18.4 Å². The topological polar surface area (TPSA) is 58.6 Å². The zero-order valence-electron chi connectivity index (χ0n) is 10.0. The molecule has 0 saturated carbocycles. The lowest BCUT2D eigenvalue weighted by Crippen LogP contribution is -2.08. The van der Waals surface area contributed by atoms with E-state index in [0.29, 0.717) is 11.4 Å². The number of ether oxygens (including phenoxy) is 1. The molecule has 2 N–H and O–H groups in total. The fourth-order valence-corrected chi connectivity index (χ4v) is 1.86. The molecule has 0 bridgehead atoms. The molecule has 0 aliphatic heterocycles. The van der Waals surface area contributed by atoms with E-state index in [1.807, 2.05) is 6.26 Å². The van der Waals surface area contributed by atoms with E-state index in [2.05, 4.69) is 5.32 Å². The van der Waals surface area contributed by atoms with E-state index in [1.165, 1.54) is 0 Å². The molecule has 0 heterocycles. The SMILES string of the molecule is COc1ccc(C(=O)O)c(NCCCSC)c1. The van der Waals surface area contributed by atoms with Gasteiger partial charge in [-0.15, -0.1) is 0 Å². The summed E-state index contributed by atoms with van der Waals surface area (Å²) in [5.41, 5.74) is 0.882. The van der Waals surface area contributed by atoms with Crippen molar-refractivity contribution in [3.05, 3.63) is 23.8 Å². The predicted octanol–water partition coefficient (Wildman–Crippen LogP) is 2.56. The Labute approximate surface area is 105 Å². The zero-order chi connectivity index (χ0) is 12.7. The van der Waals surface area contributed by atoms with Gasteiger partial charge in [0, 0.05) is 12.6 Å². The first-order valence-electron chi connectivity index (χ1n) is 5.33. The summed E-state index contributed by atoms with van der Waals surface area (Å²) in [6.07, 6.45) is 3.05. The highest BCUT2D eigenvalue weighted by Crippen LogP contribution is 2.22. The van der Waals surface area contributed by atoms with Crippen LogP contribution in [-0.2, 0) is 0 Å². The summed E-state index contributed by atoms with van der Waals surface area (Å²) < 4.78 is 5.08. The van der Waals surface area contributed by atoms with Crippen LogP contribution in [0.25, 0.3) is 0 Å². The van der Waals surface area contributed by atoms with Crippen LogP contribution < -0.4 is 10.1 Å². The molecule has 5 heteroatoms. The average molecular weight is 255 g/mol. The molecular weight excluding hydrogens is 238 g/mol. The second-order valence-corrected chi connectivity index (χ2v) is 4.48. The van der Waals surface area contributed by atoms with E-state index in [1.54, 1.807) is 37.1 Å². The molecule has 0 spiro atoms. The lowest BCUT2D eigenvalue weighted by atomic mass is 10.1. The molecule has 0 unspecified atom stereocenters. The zero-order valence-corrected chi connectivity index (χ0v) is 10.8. The number of nitrogens with one attached hydrogen (secondary N) is 1. The number of thioether (sulfide) groups is 1. The molecule has 1 aromatic rings. The van der Waals surface area contributed by atoms with Crippen molar-refractivity contribution in [3.8, 4) is 5.75 Å². The number of anilines is 1. The van der Waals surface area contributed by atoms with Gasteiger partial charge in [0.2, 0.25) is 0 Å². The molecule has 0 saturated heterocycles. The van der Waals surface area contributed by atoms with Crippen molar-refractivity contribution >= 4 is 23.4 Å². The fourth-order valence-electron chi connectivity index (χ4n) is 1.42. The van der Waals surface area contributed by atoms with Crippen molar-refractivity contribution < 1.29 is 14.6 Å². The molecule has 17 heavy (non-hydrogen) atoms. The molecule has 0 aliphatic rings. The third-order valence-corrected chi connectivity index (χ3v) is 2.99. The van der Waals surface area contributed by atoms with Crippen LogP contribution in [0.1, 0.15) is 16.8 Å². The predicted molar refractivity (Wildman–Crippen MR) is 71.4 cm³/mol. The summed E-state index contributed by atoms with van der Waals surface area (Å²) in [6.45, 7) is 0.758. The highest BCUT2D eigenvalue weighted by Gasteiger charge is 2.10. The number of hydrogen-bond donors (Lipinski definition) is 2. The Kier molecular flexibility index (Phi) is 5.69. The lowest BCUT2D eigenvalue weighted by molar-refractivity contribution is 0.0698. The standard InChI is InChI=1S/C12H17NO3S/c1-16-9-4-5-10(12(14)15)11(8-9)13-6-3-7-17-2/h4-5,8,13H,3,6-7H2,1-2H3,(H,14,15). The molecule has 0 amide bonds. The van der Waals surface area contributed by atoms with E-state index in [-0.39, 0.29) is 5.56 Å². The van der Waals surface area contributed by atoms with Crippen LogP contribution in [0.2, 0.25) is 0 Å². The maximum atomic E-state index is 11.0. The van der Waals surface area contributed by atoms with Gasteiger partial charge in [-0.05, 0) is 30.6 Å². The second-order valence-electron chi connectivity index (χ2n) is 3.49. The van der Waals surface area contributed by atoms with Crippen molar-refractivity contribution in [1.29, 1.82) is 0 Å². The highest BCUT2D eigenvalue weighted by atomic mass is 32.2. The number of hydrogen-bond acceptors (Lipinski definition) is 4. The van der Waals surface area contributed by atoms with Gasteiger partial charge in [-0.3, -0.25) is 0 Å². The van der Waals surface area contributed by atoms with E-state index < -0.39 is 5.97 Å². The number of rotatable bonds is 7. The van der Waals surface area contributed by atoms with Crippen LogP contribution in [0.4, 0.5) is 5.69 Å². The van der Waals surface area contributed by atoms with Crippen molar-refractivity contribution in [1.82, 2.24) is 0 Å². The molecule has 0 atom stereocenters. The van der Waals surface area contributed by atoms with Crippen LogP contribution in [0, 0.1) is 0 Å². The summed E-state index contributed by atoms with van der Waals surface area (Å²) in [5.74, 6) is 0.779. The first-order valence-corrected chi connectivity index (χ1v) is 6.72. The van der Waals surface area contributed by atoms with Crippen molar-refractivity contribution in [2.45, 2.75) is 6.42 Å². The normalized spacial score (nSPS) is 10.0. The minimum absolute atomic E-state index is 0.273. The molecule has 1 rings (SSSR count). The first-order chi connectivity index (χ1) is 8.19. The largest absolute Gasteiger partial charge is 0.497 e. The van der Waals surface area contributed by atoms with Gasteiger partial charge in [-0.1, -0.05) is 0 Å². The molecule has 4 nitrogen and oxygen atoms in total. The minimum Gasteiger partial charge on any atom is -0.497 e. The summed E-state index contributed by atoms with van der Waals surface area (Å²) in [4.78, 5) is 11.0. The molecule has 0 aromatic heterocycles. The van der Waals surface area contributed by atoms with Crippen LogP contribution in [0.15, 0.2) is 18.2 Å². The van der Waals surface area contributed by atoms with Crippen molar-refractivity contribution in [2.24, 2.45) is 0 Å². The van der Waals surface area contributed by atoms with Crippen molar-refractivity contribution in [2.75, 3.05) is 31.0 Å². The fraction of sp³-hybridized carbons (Fsp3) is 0.417. The van der Waals surface area contributed by atoms with Gasteiger partial charge < -0.3 is 15.2 Å². The number of aromatic carboxylic acids is 1. The summed E-state index contributed by atoms with van der Waals surface area (Å²) in [6, 6.07) is 4.91. The molecule has 0 aliphatic carbocycles. The summed E-state index contributed by atoms with van der Waals surface area (Å²) >= 11 is 1.77. The monoisotopic (exact) mass is 255 g/mol. The van der Waals surface area contributed by atoms with Crippen LogP contribution in [0.5, 0.6) is 5.75 Å². The Morgan fingerprint density at radius 3 is 2.88 bits per heavy atom. The Bertz CT molecular complexity index is 382. The lowest BCUT2D eigenvalue weighted by Gasteiger charge is -2.10. The average Bonchev–Trinajstić information content (AvgIpc) is 2.34. The number of carboxylic acids is 1. The number of benzene rings is 1. The number of carboxylic acid groups (broad SMARTS) is 1. The van der Waals surface area contributed by atoms with Gasteiger partial charge in [-0.2, -0.15) is 11.8 Å². The second kappa shape index (κ2) is 7.06. The third-order valence-electron chi connectivity index (χ3n) is 2.30. The molecular formula is C12H17NO3S. The Hall–Kier alpha value is -1.36. The smallest absolute Gasteiger partial charge is 0.337 e. The maximum Gasteiger partial charge on any atom is 0.337 e. The molecule has 0 fully saturated rings. The van der Waals surface area contributed by atoms with E-state index in [9.17, 15) is 4.79 Å². The van der Waals surface area contributed by atoms with Gasteiger partial charge in [0.1, 0.15) is 5.75 Å². The number of carbonyl (C=O) groups is 1. The van der Waals surface area contributed by atoms with Crippen molar-refractivity contribution in [3.63, 3.8) is 0 Å². The van der Waals surface area contributed by atoms with Gasteiger partial charge in [0.25, 0.3) is 0 Å². The van der Waals surface area contributed by atoms with Crippen LogP contribution >= 0.6 is 11.8 Å². The Morgan fingerprint density at radius 1 is 1.53 bits per heavy atom. The first kappa shape index (κ1) is 13.7. The van der Waals surface area contributed by atoms with Gasteiger partial charge in [-0.25, -0.2) is 4.79 Å². The van der Waals surface area contributed by atoms with Gasteiger partial charge in [0.15, 0.2) is 0 Å². The quantitative estimate of drug-likeness (QED) is 0.733. The van der Waals surface area contributed by atoms with Crippen LogP contribution in [0.3, 0.4) is 0 Å². The highest BCUT2D eigenvalue weighted by molar-refractivity contribution is 7.98. The number of methoxy groups -OCH3 is 1. The summed E-state index contributed by atoms with van der Waals surface area (Å²) in [5, 5.41) is 12.2. The van der Waals surface area contributed by atoms with Crippen LogP contribution in [-0.4, -0.2) is 36.7 Å². The Balaban J connectivity index is 2.75. The molecule has 0 radical (unpaired) electrons. The Morgan fingerprint density at radius 2 is 2.29 bits per heavy atom. The van der Waals surface area contributed by atoms with E-state index in [4.69, 9.17) is 9.84 Å². The third kappa shape index (κ3) is 4.19. The molecule has 94 valence electrons. The maximum absolute atomic E-state index is 11.0. The molecule has 1 aromatic carbocycles. The minimum atomic E-state index is -0.931. The van der Waals surface area contributed by atoms with Gasteiger partial charge >= 0.3 is 5.97 Å². The summed E-state index contributed by atoms with van der Waals surface area (Å²) in [7, 11) is 1.56. The van der Waals surface area contributed by atoms with E-state index >= 15 is 0 Å².